The maximum atomic E-state index is 13.5. The van der Waals surface area contributed by atoms with E-state index in [0.717, 1.165) is 22.7 Å². The molecule has 0 aliphatic heterocycles. The lowest BCUT2D eigenvalue weighted by Gasteiger charge is -2.15. The Morgan fingerprint density at radius 1 is 0.973 bits per heavy atom. The minimum atomic E-state index is -0.718. The number of nitrogens with one attached hydrogen (secondary N) is 3. The standard InChI is InChI=1S/C27H22F2N6O2/c28-20-8-17(9-21(29)11-20)12-32-26-27(37)35(24(15-33-26)18-4-2-1-3-5-18)16-25(36)31-14-22-10-19-13-30-7-6-23(19)34-22/h1-11,13,15,34H,12,14,16H2,(H,31,36)(H,32,33). The van der Waals surface area contributed by atoms with Crippen molar-refractivity contribution in [1.29, 1.82) is 0 Å². The number of aromatic nitrogens is 4. The van der Waals surface area contributed by atoms with Crippen molar-refractivity contribution >= 4 is 22.6 Å². The summed E-state index contributed by atoms with van der Waals surface area (Å²) < 4.78 is 28.4. The topological polar surface area (TPSA) is 105 Å². The summed E-state index contributed by atoms with van der Waals surface area (Å²) in [6, 6.07) is 16.0. The Morgan fingerprint density at radius 3 is 2.51 bits per heavy atom. The van der Waals surface area contributed by atoms with Crippen molar-refractivity contribution in [3.05, 3.63) is 112 Å². The number of hydrogen-bond donors (Lipinski definition) is 3. The molecule has 10 heteroatoms. The molecule has 0 unspecified atom stereocenters. The van der Waals surface area contributed by atoms with Gasteiger partial charge in [-0.2, -0.15) is 0 Å². The number of carbonyl (C=O) groups excluding carboxylic acids is 1. The van der Waals surface area contributed by atoms with Crippen LogP contribution in [-0.4, -0.2) is 25.4 Å². The van der Waals surface area contributed by atoms with Gasteiger partial charge in [-0.3, -0.25) is 19.1 Å². The first-order chi connectivity index (χ1) is 18.0. The summed E-state index contributed by atoms with van der Waals surface area (Å²) in [5, 5.41) is 6.59. The summed E-state index contributed by atoms with van der Waals surface area (Å²) in [5.41, 5.74) is 2.64. The minimum absolute atomic E-state index is 0.0248. The first-order valence-electron chi connectivity index (χ1n) is 11.5. The second kappa shape index (κ2) is 10.4. The Morgan fingerprint density at radius 2 is 1.76 bits per heavy atom. The summed E-state index contributed by atoms with van der Waals surface area (Å²) in [6.45, 7) is -0.0378. The zero-order valence-electron chi connectivity index (χ0n) is 19.5. The van der Waals surface area contributed by atoms with Crippen molar-refractivity contribution in [2.75, 3.05) is 5.32 Å². The average Bonchev–Trinajstić information content (AvgIpc) is 3.31. The molecule has 0 radical (unpaired) electrons. The molecule has 37 heavy (non-hydrogen) atoms. The van der Waals surface area contributed by atoms with Gasteiger partial charge in [-0.1, -0.05) is 30.3 Å². The highest BCUT2D eigenvalue weighted by atomic mass is 19.1. The van der Waals surface area contributed by atoms with Crippen LogP contribution in [0.15, 0.2) is 84.0 Å². The highest BCUT2D eigenvalue weighted by Gasteiger charge is 2.15. The Labute approximate surface area is 210 Å². The molecule has 0 aliphatic carbocycles. The number of rotatable bonds is 8. The second-order valence-corrected chi connectivity index (χ2v) is 8.41. The van der Waals surface area contributed by atoms with Crippen molar-refractivity contribution in [2.24, 2.45) is 0 Å². The molecule has 0 aliphatic rings. The molecule has 3 heterocycles. The Bertz CT molecular complexity index is 1580. The quantitative estimate of drug-likeness (QED) is 0.299. The van der Waals surface area contributed by atoms with Crippen molar-refractivity contribution < 1.29 is 13.6 Å². The molecule has 0 fully saturated rings. The highest BCUT2D eigenvalue weighted by molar-refractivity contribution is 5.80. The van der Waals surface area contributed by atoms with Gasteiger partial charge in [-0.05, 0) is 35.4 Å². The van der Waals surface area contributed by atoms with Gasteiger partial charge in [-0.25, -0.2) is 13.8 Å². The van der Waals surface area contributed by atoms with E-state index in [0.29, 0.717) is 16.8 Å². The van der Waals surface area contributed by atoms with Gasteiger partial charge in [0.25, 0.3) is 5.56 Å². The predicted octanol–water partition coefficient (Wildman–Crippen LogP) is 3.99. The SMILES string of the molecule is O=C(Cn1c(-c2ccccc2)cnc(NCc2cc(F)cc(F)c2)c1=O)NCc1cc2cnccc2[nH]1. The minimum Gasteiger partial charge on any atom is -0.361 e. The van der Waals surface area contributed by atoms with Crippen LogP contribution in [0.1, 0.15) is 11.3 Å². The lowest BCUT2D eigenvalue weighted by molar-refractivity contribution is -0.121. The molecule has 3 aromatic heterocycles. The third kappa shape index (κ3) is 5.53. The molecule has 186 valence electrons. The molecule has 0 bridgehead atoms. The molecule has 5 rings (SSSR count). The molecular weight excluding hydrogens is 478 g/mol. The van der Waals surface area contributed by atoms with E-state index in [9.17, 15) is 18.4 Å². The van der Waals surface area contributed by atoms with E-state index in [-0.39, 0.29) is 31.4 Å². The monoisotopic (exact) mass is 500 g/mol. The third-order valence-corrected chi connectivity index (χ3v) is 5.76. The summed E-state index contributed by atoms with van der Waals surface area (Å²) in [7, 11) is 0. The fourth-order valence-corrected chi connectivity index (χ4v) is 4.02. The van der Waals surface area contributed by atoms with E-state index in [1.165, 1.54) is 22.9 Å². The third-order valence-electron chi connectivity index (χ3n) is 5.76. The number of nitrogens with zero attached hydrogens (tertiary/aromatic N) is 3. The summed E-state index contributed by atoms with van der Waals surface area (Å²) in [5.74, 6) is -1.85. The molecular formula is C27H22F2N6O2. The zero-order valence-corrected chi connectivity index (χ0v) is 19.5. The van der Waals surface area contributed by atoms with Crippen molar-refractivity contribution in [1.82, 2.24) is 24.8 Å². The van der Waals surface area contributed by atoms with Crippen LogP contribution in [0.3, 0.4) is 0 Å². The first kappa shape index (κ1) is 23.9. The number of anilines is 1. The molecule has 0 atom stereocenters. The Balaban J connectivity index is 1.37. The van der Waals surface area contributed by atoms with Crippen LogP contribution in [0.2, 0.25) is 0 Å². The van der Waals surface area contributed by atoms with Crippen LogP contribution >= 0.6 is 0 Å². The number of H-pyrrole nitrogens is 1. The predicted molar refractivity (Wildman–Crippen MR) is 136 cm³/mol. The number of halogens is 2. The first-order valence-corrected chi connectivity index (χ1v) is 11.5. The molecule has 5 aromatic rings. The van der Waals surface area contributed by atoms with Crippen LogP contribution in [0, 0.1) is 11.6 Å². The number of aromatic amines is 1. The Hall–Kier alpha value is -4.86. The van der Waals surface area contributed by atoms with Gasteiger partial charge in [0, 0.05) is 41.6 Å². The molecule has 1 amide bonds. The van der Waals surface area contributed by atoms with Gasteiger partial charge >= 0.3 is 0 Å². The normalized spacial score (nSPS) is 11.0. The van der Waals surface area contributed by atoms with Crippen LogP contribution in [0.5, 0.6) is 0 Å². The van der Waals surface area contributed by atoms with E-state index in [4.69, 9.17) is 0 Å². The van der Waals surface area contributed by atoms with Gasteiger partial charge in [0.2, 0.25) is 5.91 Å². The van der Waals surface area contributed by atoms with E-state index >= 15 is 0 Å². The maximum absolute atomic E-state index is 13.5. The summed E-state index contributed by atoms with van der Waals surface area (Å²) in [6.07, 6.45) is 4.90. The average molecular weight is 501 g/mol. The number of pyridine rings is 1. The molecule has 2 aromatic carbocycles. The van der Waals surface area contributed by atoms with Crippen LogP contribution in [0.25, 0.3) is 22.2 Å². The largest absolute Gasteiger partial charge is 0.361 e. The molecule has 8 nitrogen and oxygen atoms in total. The second-order valence-electron chi connectivity index (χ2n) is 8.41. The van der Waals surface area contributed by atoms with Gasteiger partial charge in [-0.15, -0.1) is 0 Å². The fourth-order valence-electron chi connectivity index (χ4n) is 4.02. The lowest BCUT2D eigenvalue weighted by Crippen LogP contribution is -2.34. The smallest absolute Gasteiger partial charge is 0.294 e. The van der Waals surface area contributed by atoms with Crippen molar-refractivity contribution in [2.45, 2.75) is 19.6 Å². The molecule has 3 N–H and O–H groups in total. The van der Waals surface area contributed by atoms with Gasteiger partial charge in [0.15, 0.2) is 5.82 Å². The zero-order chi connectivity index (χ0) is 25.8. The summed E-state index contributed by atoms with van der Waals surface area (Å²) >= 11 is 0. The maximum Gasteiger partial charge on any atom is 0.294 e. The van der Waals surface area contributed by atoms with Crippen LogP contribution in [-0.2, 0) is 24.4 Å². The number of amides is 1. The fraction of sp³-hybridized carbons (Fsp3) is 0.111. The van der Waals surface area contributed by atoms with E-state index in [1.54, 1.807) is 12.4 Å². The highest BCUT2D eigenvalue weighted by Crippen LogP contribution is 2.18. The molecule has 0 spiro atoms. The van der Waals surface area contributed by atoms with Crippen LogP contribution < -0.4 is 16.2 Å². The number of benzene rings is 2. The van der Waals surface area contributed by atoms with Gasteiger partial charge in [0.05, 0.1) is 18.4 Å². The van der Waals surface area contributed by atoms with Gasteiger partial charge in [0.1, 0.15) is 18.2 Å². The van der Waals surface area contributed by atoms with Crippen molar-refractivity contribution in [3.63, 3.8) is 0 Å². The lowest BCUT2D eigenvalue weighted by atomic mass is 10.1. The molecule has 0 saturated carbocycles. The number of fused-ring (bicyclic) bond motifs is 1. The Kier molecular flexibility index (Phi) is 6.71. The number of hydrogen-bond acceptors (Lipinski definition) is 5. The van der Waals surface area contributed by atoms with Crippen LogP contribution in [0.4, 0.5) is 14.6 Å². The van der Waals surface area contributed by atoms with E-state index in [2.05, 4.69) is 25.6 Å². The molecule has 0 saturated heterocycles. The van der Waals surface area contributed by atoms with E-state index < -0.39 is 17.2 Å². The van der Waals surface area contributed by atoms with E-state index in [1.807, 2.05) is 42.5 Å². The summed E-state index contributed by atoms with van der Waals surface area (Å²) in [4.78, 5) is 37.7. The number of carbonyl (C=O) groups is 1. The van der Waals surface area contributed by atoms with Crippen molar-refractivity contribution in [3.8, 4) is 11.3 Å². The van der Waals surface area contributed by atoms with Gasteiger partial charge < -0.3 is 15.6 Å².